The maximum atomic E-state index is 13.0. The lowest BCUT2D eigenvalue weighted by Crippen LogP contribution is -2.49. The highest BCUT2D eigenvalue weighted by atomic mass is 32.2. The number of carbonyl (C=O) groups excluding carboxylic acids is 1. The summed E-state index contributed by atoms with van der Waals surface area (Å²) in [7, 11) is -3.84. The minimum atomic E-state index is -3.84. The molecular formula is C15H19F2N3O3S. The molecule has 1 spiro atoms. The van der Waals surface area contributed by atoms with Crippen molar-refractivity contribution >= 4 is 15.8 Å². The third kappa shape index (κ3) is 2.57. The molecule has 1 saturated heterocycles. The fourth-order valence-corrected chi connectivity index (χ4v) is 5.37. The molecule has 0 amide bonds. The third-order valence-corrected chi connectivity index (χ3v) is 7.25. The molecule has 2 aliphatic carbocycles. The molecule has 0 atom stereocenters. The number of alkyl halides is 2. The summed E-state index contributed by atoms with van der Waals surface area (Å²) < 4.78 is 54.3. The fraction of sp³-hybridized carbons (Fsp3) is 0.733. The van der Waals surface area contributed by atoms with Crippen LogP contribution in [0, 0.1) is 5.41 Å². The molecule has 2 heterocycles. The summed E-state index contributed by atoms with van der Waals surface area (Å²) >= 11 is 0. The molecule has 0 bridgehead atoms. The van der Waals surface area contributed by atoms with E-state index in [2.05, 4.69) is 5.10 Å². The van der Waals surface area contributed by atoms with Gasteiger partial charge in [0.1, 0.15) is 11.5 Å². The van der Waals surface area contributed by atoms with Crippen molar-refractivity contribution in [3.05, 3.63) is 11.8 Å². The molecule has 0 unspecified atom stereocenters. The van der Waals surface area contributed by atoms with E-state index in [-0.39, 0.29) is 22.3 Å². The second-order valence-corrected chi connectivity index (χ2v) is 9.07. The van der Waals surface area contributed by atoms with Crippen molar-refractivity contribution < 1.29 is 22.0 Å². The molecule has 3 fully saturated rings. The average Bonchev–Trinajstić information content (AvgIpc) is 3.24. The Morgan fingerprint density at radius 2 is 1.83 bits per heavy atom. The first-order valence-corrected chi connectivity index (χ1v) is 9.64. The summed E-state index contributed by atoms with van der Waals surface area (Å²) in [6, 6.07) is 0.915. The van der Waals surface area contributed by atoms with Crippen molar-refractivity contribution in [1.82, 2.24) is 14.1 Å². The Morgan fingerprint density at radius 1 is 1.21 bits per heavy atom. The van der Waals surface area contributed by atoms with Gasteiger partial charge in [0, 0.05) is 32.0 Å². The molecule has 9 heteroatoms. The maximum absolute atomic E-state index is 13.0. The van der Waals surface area contributed by atoms with Gasteiger partial charge in [-0.05, 0) is 31.1 Å². The topological polar surface area (TPSA) is 72.3 Å². The molecule has 2 saturated carbocycles. The highest BCUT2D eigenvalue weighted by molar-refractivity contribution is 7.89. The van der Waals surface area contributed by atoms with Gasteiger partial charge in [0.25, 0.3) is 16.4 Å². The highest BCUT2D eigenvalue weighted by Gasteiger charge is 2.47. The summed E-state index contributed by atoms with van der Waals surface area (Å²) in [5.41, 5.74) is -0.521. The van der Waals surface area contributed by atoms with Crippen molar-refractivity contribution in [3.63, 3.8) is 0 Å². The lowest BCUT2D eigenvalue weighted by Gasteiger charge is -2.46. The highest BCUT2D eigenvalue weighted by Crippen LogP contribution is 2.47. The summed E-state index contributed by atoms with van der Waals surface area (Å²) in [5, 5.41) is 3.69. The van der Waals surface area contributed by atoms with Crippen molar-refractivity contribution in [2.45, 2.75) is 56.0 Å². The lowest BCUT2D eigenvalue weighted by atomic mass is 9.63. The largest absolute Gasteiger partial charge is 0.300 e. The van der Waals surface area contributed by atoms with E-state index < -0.39 is 22.1 Å². The van der Waals surface area contributed by atoms with Crippen LogP contribution in [-0.4, -0.2) is 41.4 Å². The first-order chi connectivity index (χ1) is 11.3. The normalized spacial score (nSPS) is 24.5. The van der Waals surface area contributed by atoms with Gasteiger partial charge in [-0.15, -0.1) is 0 Å². The Labute approximate surface area is 138 Å². The van der Waals surface area contributed by atoms with E-state index in [1.165, 1.54) is 8.99 Å². The predicted molar refractivity (Wildman–Crippen MR) is 80.1 cm³/mol. The summed E-state index contributed by atoms with van der Waals surface area (Å²) in [5.74, 6) is 0.236. The number of hydrogen-bond donors (Lipinski definition) is 0. The van der Waals surface area contributed by atoms with Crippen LogP contribution >= 0.6 is 0 Å². The van der Waals surface area contributed by atoms with Gasteiger partial charge in [0.05, 0.1) is 6.04 Å². The SMILES string of the molecule is O=C1CC2(CCN(S(=O)(=O)c3cc(C(F)F)nn3C3CC3)CC2)C1. The monoisotopic (exact) mass is 359 g/mol. The van der Waals surface area contributed by atoms with Crippen LogP contribution in [0.1, 0.15) is 56.7 Å². The van der Waals surface area contributed by atoms with Gasteiger partial charge in [-0.1, -0.05) is 0 Å². The Balaban J connectivity index is 1.58. The quantitative estimate of drug-likeness (QED) is 0.827. The molecule has 6 nitrogen and oxygen atoms in total. The molecular weight excluding hydrogens is 340 g/mol. The predicted octanol–water partition coefficient (Wildman–Crippen LogP) is 2.29. The second-order valence-electron chi connectivity index (χ2n) is 7.18. The molecule has 1 aliphatic heterocycles. The minimum absolute atomic E-state index is 0.0338. The van der Waals surface area contributed by atoms with Crippen LogP contribution in [-0.2, 0) is 14.8 Å². The lowest BCUT2D eigenvalue weighted by molar-refractivity contribution is -0.134. The number of piperidine rings is 1. The van der Waals surface area contributed by atoms with Gasteiger partial charge in [-0.3, -0.25) is 4.79 Å². The molecule has 1 aromatic heterocycles. The van der Waals surface area contributed by atoms with Gasteiger partial charge in [-0.2, -0.15) is 9.40 Å². The van der Waals surface area contributed by atoms with E-state index in [0.717, 1.165) is 18.9 Å². The zero-order valence-electron chi connectivity index (χ0n) is 13.1. The Hall–Kier alpha value is -1.35. The van der Waals surface area contributed by atoms with Crippen molar-refractivity contribution in [2.75, 3.05) is 13.1 Å². The molecule has 24 heavy (non-hydrogen) atoms. The number of halogens is 2. The molecule has 0 aromatic carbocycles. The number of sulfonamides is 1. The van der Waals surface area contributed by atoms with Crippen molar-refractivity contribution in [3.8, 4) is 0 Å². The van der Waals surface area contributed by atoms with Crippen LogP contribution in [0.4, 0.5) is 8.78 Å². The number of rotatable bonds is 4. The third-order valence-electron chi connectivity index (χ3n) is 5.37. The maximum Gasteiger partial charge on any atom is 0.282 e. The van der Waals surface area contributed by atoms with Crippen LogP contribution in [0.2, 0.25) is 0 Å². The summed E-state index contributed by atoms with van der Waals surface area (Å²) in [6.45, 7) is 0.658. The molecule has 0 N–H and O–H groups in total. The Kier molecular flexibility index (Phi) is 3.58. The standard InChI is InChI=1S/C15H19F2N3O3S/c16-14(17)12-7-13(20(18-12)10-1-2-10)24(22,23)19-5-3-15(4-6-19)8-11(21)9-15/h7,10,14H,1-6,8-9H2. The van der Waals surface area contributed by atoms with Gasteiger partial charge in [0.15, 0.2) is 5.03 Å². The van der Waals surface area contributed by atoms with Crippen molar-refractivity contribution in [1.29, 1.82) is 0 Å². The van der Waals surface area contributed by atoms with Crippen LogP contribution < -0.4 is 0 Å². The van der Waals surface area contributed by atoms with Gasteiger partial charge in [0.2, 0.25) is 0 Å². The van der Waals surface area contributed by atoms with E-state index >= 15 is 0 Å². The van der Waals surface area contributed by atoms with E-state index in [1.807, 2.05) is 0 Å². The van der Waals surface area contributed by atoms with E-state index in [9.17, 15) is 22.0 Å². The second kappa shape index (κ2) is 5.32. The molecule has 0 radical (unpaired) electrons. The first-order valence-electron chi connectivity index (χ1n) is 8.20. The Morgan fingerprint density at radius 3 is 2.33 bits per heavy atom. The van der Waals surface area contributed by atoms with Crippen LogP contribution in [0.25, 0.3) is 0 Å². The number of aromatic nitrogens is 2. The minimum Gasteiger partial charge on any atom is -0.300 e. The number of Topliss-reactive ketones (excluding diaryl/α,β-unsaturated/α-hetero) is 1. The smallest absolute Gasteiger partial charge is 0.282 e. The number of hydrogen-bond acceptors (Lipinski definition) is 4. The molecule has 132 valence electrons. The summed E-state index contributed by atoms with van der Waals surface area (Å²) in [4.78, 5) is 11.3. The average molecular weight is 359 g/mol. The number of carbonyl (C=O) groups is 1. The zero-order chi connectivity index (χ0) is 17.1. The first kappa shape index (κ1) is 16.1. The molecule has 1 aromatic rings. The van der Waals surface area contributed by atoms with Crippen LogP contribution in [0.5, 0.6) is 0 Å². The summed E-state index contributed by atoms with van der Waals surface area (Å²) in [6.07, 6.45) is 1.11. The number of nitrogens with zero attached hydrogens (tertiary/aromatic N) is 3. The fourth-order valence-electron chi connectivity index (χ4n) is 3.75. The van der Waals surface area contributed by atoms with Crippen molar-refractivity contribution in [2.24, 2.45) is 5.41 Å². The van der Waals surface area contributed by atoms with Gasteiger partial charge in [-0.25, -0.2) is 21.9 Å². The molecule has 3 aliphatic rings. The van der Waals surface area contributed by atoms with Gasteiger partial charge >= 0.3 is 0 Å². The van der Waals surface area contributed by atoms with Gasteiger partial charge < -0.3 is 0 Å². The molecule has 4 rings (SSSR count). The van der Waals surface area contributed by atoms with E-state index in [4.69, 9.17) is 0 Å². The van der Waals surface area contributed by atoms with Crippen LogP contribution in [0.3, 0.4) is 0 Å². The number of ketones is 1. The van der Waals surface area contributed by atoms with E-state index in [1.54, 1.807) is 0 Å². The Bertz CT molecular complexity index is 768. The zero-order valence-corrected chi connectivity index (χ0v) is 13.9. The van der Waals surface area contributed by atoms with Crippen LogP contribution in [0.15, 0.2) is 11.1 Å². The van der Waals surface area contributed by atoms with E-state index in [0.29, 0.717) is 38.8 Å².